The van der Waals surface area contributed by atoms with Gasteiger partial charge in [-0.3, -0.25) is 4.98 Å². The van der Waals surface area contributed by atoms with Crippen LogP contribution in [0.2, 0.25) is 0 Å². The molecule has 0 spiro atoms. The molecule has 4 saturated heterocycles. The van der Waals surface area contributed by atoms with Crippen LogP contribution >= 0.6 is 0 Å². The zero-order valence-electron chi connectivity index (χ0n) is 23.4. The van der Waals surface area contributed by atoms with Crippen LogP contribution in [0, 0.1) is 0 Å². The largest absolute Gasteiger partial charge is 0.460 e. The number of hydrogen-bond donors (Lipinski definition) is 2. The molecule has 0 saturated carbocycles. The second kappa shape index (κ2) is 11.3. The van der Waals surface area contributed by atoms with E-state index >= 15 is 0 Å². The Hall–Kier alpha value is -2.68. The Balaban J connectivity index is 1.14. The number of aromatic nitrogens is 4. The van der Waals surface area contributed by atoms with Gasteiger partial charge in [0.15, 0.2) is 17.9 Å². The molecule has 13 heteroatoms. The number of rotatable bonds is 10. The zero-order valence-corrected chi connectivity index (χ0v) is 23.4. The van der Waals surface area contributed by atoms with Crippen molar-refractivity contribution in [1.82, 2.24) is 19.9 Å². The predicted molar refractivity (Wildman–Crippen MR) is 142 cm³/mol. The van der Waals surface area contributed by atoms with Gasteiger partial charge >= 0.3 is 6.01 Å². The van der Waals surface area contributed by atoms with Crippen LogP contribution in [0.5, 0.6) is 6.01 Å². The molecule has 4 fully saturated rings. The molecule has 6 atom stereocenters. The van der Waals surface area contributed by atoms with E-state index in [1.807, 2.05) is 45.9 Å². The Labute approximate surface area is 233 Å². The number of pyridine rings is 1. The molecule has 4 aliphatic rings. The van der Waals surface area contributed by atoms with E-state index in [1.165, 1.54) is 0 Å². The van der Waals surface area contributed by atoms with E-state index in [0.29, 0.717) is 31.4 Å². The highest BCUT2D eigenvalue weighted by Gasteiger charge is 2.60. The van der Waals surface area contributed by atoms with Gasteiger partial charge in [0, 0.05) is 38.0 Å². The molecular formula is C27H38N6O7. The summed E-state index contributed by atoms with van der Waals surface area (Å²) in [7, 11) is 0. The molecule has 40 heavy (non-hydrogen) atoms. The van der Waals surface area contributed by atoms with Crippen LogP contribution in [-0.2, 0) is 34.8 Å². The van der Waals surface area contributed by atoms with E-state index in [1.54, 1.807) is 6.20 Å². The summed E-state index contributed by atoms with van der Waals surface area (Å²) in [5, 5.41) is 6.53. The van der Waals surface area contributed by atoms with Crippen LogP contribution < -0.4 is 15.4 Å². The Bertz CT molecular complexity index is 1150. The minimum absolute atomic E-state index is 0.121. The first kappa shape index (κ1) is 27.5. The minimum Gasteiger partial charge on any atom is -0.460 e. The standard InChI is InChI=1S/C27H38N6O7/c1-26(2)37-19-18(36-22-21(20(19)38-26)39-27(3,4)40-22)15-35-25-32-23(29-12-10-16-8-5-6-11-28-16)31-24(33-25)30-14-17-9-7-13-34-17/h5-6,8,11,17-22H,7,9-10,12-15H2,1-4H3,(H2,29,30,31,32,33)/t17?,18-,19+,20+,21-,22-/m1/s1. The summed E-state index contributed by atoms with van der Waals surface area (Å²) in [6, 6.07) is 6.01. The maximum atomic E-state index is 6.26. The molecule has 2 aromatic heterocycles. The van der Waals surface area contributed by atoms with Gasteiger partial charge in [-0.25, -0.2) is 0 Å². The molecule has 13 nitrogen and oxygen atoms in total. The zero-order chi connectivity index (χ0) is 27.7. The Morgan fingerprint density at radius 3 is 2.48 bits per heavy atom. The number of nitrogens with one attached hydrogen (secondary N) is 2. The average molecular weight is 559 g/mol. The van der Waals surface area contributed by atoms with Crippen LogP contribution in [0.4, 0.5) is 11.9 Å². The van der Waals surface area contributed by atoms with Gasteiger partial charge in [-0.2, -0.15) is 15.0 Å². The van der Waals surface area contributed by atoms with E-state index in [4.69, 9.17) is 33.2 Å². The van der Waals surface area contributed by atoms with E-state index in [-0.39, 0.29) is 24.8 Å². The van der Waals surface area contributed by atoms with Crippen LogP contribution in [-0.4, -0.2) is 94.6 Å². The summed E-state index contributed by atoms with van der Waals surface area (Å²) >= 11 is 0. The Morgan fingerprint density at radius 1 is 0.925 bits per heavy atom. The van der Waals surface area contributed by atoms with Gasteiger partial charge in [-0.05, 0) is 52.7 Å². The number of fused-ring (bicyclic) bond motifs is 3. The highest BCUT2D eigenvalue weighted by molar-refractivity contribution is 5.36. The van der Waals surface area contributed by atoms with Gasteiger partial charge in [0.05, 0.1) is 6.10 Å². The normalized spacial score (nSPS) is 31.9. The Morgan fingerprint density at radius 2 is 1.70 bits per heavy atom. The van der Waals surface area contributed by atoms with Crippen molar-refractivity contribution in [1.29, 1.82) is 0 Å². The Kier molecular flexibility index (Phi) is 7.77. The molecule has 0 aliphatic carbocycles. The molecule has 2 N–H and O–H groups in total. The maximum absolute atomic E-state index is 6.26. The number of hydrogen-bond acceptors (Lipinski definition) is 13. The molecule has 0 amide bonds. The van der Waals surface area contributed by atoms with E-state index in [2.05, 4.69) is 30.6 Å². The highest BCUT2D eigenvalue weighted by Crippen LogP contribution is 2.44. The van der Waals surface area contributed by atoms with Gasteiger partial charge in [0.25, 0.3) is 0 Å². The molecule has 2 aromatic rings. The molecule has 218 valence electrons. The van der Waals surface area contributed by atoms with E-state index < -0.39 is 36.2 Å². The molecule has 0 aromatic carbocycles. The van der Waals surface area contributed by atoms with Gasteiger partial charge in [0.1, 0.15) is 31.0 Å². The summed E-state index contributed by atoms with van der Waals surface area (Å²) in [6.45, 7) is 9.55. The van der Waals surface area contributed by atoms with Gasteiger partial charge < -0.3 is 43.8 Å². The van der Waals surface area contributed by atoms with Gasteiger partial charge in [0.2, 0.25) is 11.9 Å². The van der Waals surface area contributed by atoms with Crippen molar-refractivity contribution in [3.05, 3.63) is 30.1 Å². The van der Waals surface area contributed by atoms with Crippen molar-refractivity contribution < 1.29 is 33.2 Å². The number of ether oxygens (including phenoxy) is 7. The lowest BCUT2D eigenvalue weighted by Gasteiger charge is -2.36. The third kappa shape index (κ3) is 6.45. The topological polar surface area (TPSA) is 140 Å². The van der Waals surface area contributed by atoms with Crippen LogP contribution in [0.1, 0.15) is 46.2 Å². The van der Waals surface area contributed by atoms with Gasteiger partial charge in [-0.15, -0.1) is 0 Å². The van der Waals surface area contributed by atoms with Gasteiger partial charge in [-0.1, -0.05) is 6.07 Å². The fraction of sp³-hybridized carbons (Fsp3) is 0.704. The monoisotopic (exact) mass is 558 g/mol. The SMILES string of the molecule is CC1(C)O[C@H]2[C@@H](O1)[C@@H](COc1nc(NCCc3ccccn3)nc(NCC3CCCO3)n1)O[C@@H]1OC(C)(C)O[C@@H]12. The molecule has 6 rings (SSSR count). The average Bonchev–Trinajstić information content (AvgIpc) is 3.63. The van der Waals surface area contributed by atoms with Crippen LogP contribution in [0.3, 0.4) is 0 Å². The molecule has 0 bridgehead atoms. The van der Waals surface area contributed by atoms with Crippen molar-refractivity contribution in [2.24, 2.45) is 0 Å². The first-order valence-electron chi connectivity index (χ1n) is 14.0. The summed E-state index contributed by atoms with van der Waals surface area (Å²) in [4.78, 5) is 17.9. The maximum Gasteiger partial charge on any atom is 0.323 e. The smallest absolute Gasteiger partial charge is 0.323 e. The fourth-order valence-electron chi connectivity index (χ4n) is 5.42. The molecule has 6 heterocycles. The van der Waals surface area contributed by atoms with Crippen molar-refractivity contribution in [2.45, 2.75) is 95.3 Å². The van der Waals surface area contributed by atoms with Crippen molar-refractivity contribution in [3.8, 4) is 6.01 Å². The van der Waals surface area contributed by atoms with Crippen LogP contribution in [0.15, 0.2) is 24.4 Å². The lowest BCUT2D eigenvalue weighted by molar-refractivity contribution is -0.238. The summed E-state index contributed by atoms with van der Waals surface area (Å²) in [5.74, 6) is -0.785. The van der Waals surface area contributed by atoms with Crippen LogP contribution in [0.25, 0.3) is 0 Å². The second-order valence-electron chi connectivity index (χ2n) is 11.3. The summed E-state index contributed by atoms with van der Waals surface area (Å²) < 4.78 is 42.6. The predicted octanol–water partition coefficient (Wildman–Crippen LogP) is 2.29. The first-order valence-corrected chi connectivity index (χ1v) is 14.0. The third-order valence-electron chi connectivity index (χ3n) is 7.14. The summed E-state index contributed by atoms with van der Waals surface area (Å²) in [6.07, 6.45) is 2.40. The summed E-state index contributed by atoms with van der Waals surface area (Å²) in [5.41, 5.74) is 0.975. The number of anilines is 2. The van der Waals surface area contributed by atoms with Crippen molar-refractivity contribution >= 4 is 11.9 Å². The lowest BCUT2D eigenvalue weighted by atomic mass is 9.99. The quantitative estimate of drug-likeness (QED) is 0.441. The first-order chi connectivity index (χ1) is 19.2. The second-order valence-corrected chi connectivity index (χ2v) is 11.3. The molecular weight excluding hydrogens is 520 g/mol. The third-order valence-corrected chi connectivity index (χ3v) is 7.14. The minimum atomic E-state index is -0.792. The number of nitrogens with zero attached hydrogens (tertiary/aromatic N) is 4. The van der Waals surface area contributed by atoms with E-state index in [9.17, 15) is 0 Å². The van der Waals surface area contributed by atoms with Crippen molar-refractivity contribution in [3.63, 3.8) is 0 Å². The molecule has 1 unspecified atom stereocenters. The lowest BCUT2D eigenvalue weighted by Crippen LogP contribution is -2.56. The molecule has 4 aliphatic heterocycles. The fourth-order valence-corrected chi connectivity index (χ4v) is 5.42. The highest BCUT2D eigenvalue weighted by atomic mass is 16.9. The van der Waals surface area contributed by atoms with Crippen molar-refractivity contribution in [2.75, 3.05) is 36.9 Å². The van der Waals surface area contributed by atoms with E-state index in [0.717, 1.165) is 25.1 Å². The molecule has 0 radical (unpaired) electrons.